The maximum absolute atomic E-state index is 13.6. The smallest absolute Gasteiger partial charge is 0.312 e. The van der Waals surface area contributed by atoms with Gasteiger partial charge in [0.1, 0.15) is 11.6 Å². The molecule has 0 N–H and O–H groups in total. The SMILES string of the molecule is COc1ccc(COC(=O)Cc2csc(-c3ccsc3)n2)cc1F. The zero-order chi connectivity index (χ0) is 16.9. The lowest BCUT2D eigenvalue weighted by Gasteiger charge is -2.06. The largest absolute Gasteiger partial charge is 0.494 e. The number of hydrogen-bond donors (Lipinski definition) is 0. The Bertz CT molecular complexity index is 830. The third kappa shape index (κ3) is 3.98. The van der Waals surface area contributed by atoms with Crippen LogP contribution in [0.3, 0.4) is 0 Å². The molecule has 0 fully saturated rings. The number of ether oxygens (including phenoxy) is 2. The predicted molar refractivity (Wildman–Crippen MR) is 91.9 cm³/mol. The van der Waals surface area contributed by atoms with E-state index < -0.39 is 11.8 Å². The Morgan fingerprint density at radius 3 is 2.88 bits per heavy atom. The highest BCUT2D eigenvalue weighted by Crippen LogP contribution is 2.26. The standard InChI is InChI=1S/C17H14FNO3S2/c1-21-15-3-2-11(6-14(15)18)8-22-16(20)7-13-10-24-17(19-13)12-4-5-23-9-12/h2-6,9-10H,7-8H2,1H3. The van der Waals surface area contributed by atoms with E-state index in [1.54, 1.807) is 17.4 Å². The molecule has 0 atom stereocenters. The van der Waals surface area contributed by atoms with E-state index in [0.717, 1.165) is 10.6 Å². The minimum absolute atomic E-state index is 0.0152. The van der Waals surface area contributed by atoms with Crippen molar-refractivity contribution in [2.45, 2.75) is 13.0 Å². The Morgan fingerprint density at radius 2 is 2.17 bits per heavy atom. The fourth-order valence-electron chi connectivity index (χ4n) is 2.07. The second-order valence-electron chi connectivity index (χ2n) is 4.96. The molecule has 0 amide bonds. The number of esters is 1. The summed E-state index contributed by atoms with van der Waals surface area (Å²) in [6, 6.07) is 6.45. The van der Waals surface area contributed by atoms with Crippen LogP contribution in [0.15, 0.2) is 40.4 Å². The van der Waals surface area contributed by atoms with Crippen LogP contribution in [0.25, 0.3) is 10.6 Å². The summed E-state index contributed by atoms with van der Waals surface area (Å²) in [7, 11) is 1.40. The Kier molecular flexibility index (Phi) is 5.22. The monoisotopic (exact) mass is 363 g/mol. The summed E-state index contributed by atoms with van der Waals surface area (Å²) in [6.45, 7) is 0.0152. The van der Waals surface area contributed by atoms with Gasteiger partial charge in [-0.25, -0.2) is 9.37 Å². The lowest BCUT2D eigenvalue weighted by Crippen LogP contribution is -2.08. The highest BCUT2D eigenvalue weighted by molar-refractivity contribution is 7.14. The number of nitrogens with zero attached hydrogens (tertiary/aromatic N) is 1. The molecule has 0 aliphatic heterocycles. The van der Waals surface area contributed by atoms with Crippen LogP contribution < -0.4 is 4.74 Å². The Labute approximate surface area is 146 Å². The minimum atomic E-state index is -0.481. The first-order valence-electron chi connectivity index (χ1n) is 7.10. The van der Waals surface area contributed by atoms with Crippen molar-refractivity contribution in [2.24, 2.45) is 0 Å². The molecule has 1 aromatic carbocycles. The molecule has 3 aromatic rings. The van der Waals surface area contributed by atoms with Gasteiger partial charge < -0.3 is 9.47 Å². The van der Waals surface area contributed by atoms with Gasteiger partial charge in [0.15, 0.2) is 11.6 Å². The van der Waals surface area contributed by atoms with Gasteiger partial charge in [0.2, 0.25) is 0 Å². The fourth-order valence-corrected chi connectivity index (χ4v) is 3.60. The molecule has 0 saturated carbocycles. The lowest BCUT2D eigenvalue weighted by atomic mass is 10.2. The minimum Gasteiger partial charge on any atom is -0.494 e. The van der Waals surface area contributed by atoms with Gasteiger partial charge in [-0.2, -0.15) is 11.3 Å². The van der Waals surface area contributed by atoms with Gasteiger partial charge in [-0.15, -0.1) is 11.3 Å². The van der Waals surface area contributed by atoms with Crippen molar-refractivity contribution in [3.63, 3.8) is 0 Å². The first-order valence-corrected chi connectivity index (χ1v) is 8.93. The molecule has 0 radical (unpaired) electrons. The van der Waals surface area contributed by atoms with Crippen molar-refractivity contribution in [3.8, 4) is 16.3 Å². The van der Waals surface area contributed by atoms with Crippen molar-refractivity contribution in [2.75, 3.05) is 7.11 Å². The molecule has 4 nitrogen and oxygen atoms in total. The number of carbonyl (C=O) groups is 1. The first-order chi connectivity index (χ1) is 11.7. The van der Waals surface area contributed by atoms with Crippen LogP contribution in [0.5, 0.6) is 5.75 Å². The summed E-state index contributed by atoms with van der Waals surface area (Å²) in [5.41, 5.74) is 2.30. The second kappa shape index (κ2) is 7.55. The molecule has 24 heavy (non-hydrogen) atoms. The van der Waals surface area contributed by atoms with Crippen LogP contribution in [0, 0.1) is 5.82 Å². The number of hydrogen-bond acceptors (Lipinski definition) is 6. The van der Waals surface area contributed by atoms with Gasteiger partial charge in [0.25, 0.3) is 0 Å². The average Bonchev–Trinajstić information content (AvgIpc) is 3.24. The summed E-state index contributed by atoms with van der Waals surface area (Å²) in [5, 5.41) is 6.73. The van der Waals surface area contributed by atoms with Gasteiger partial charge in [0.05, 0.1) is 19.2 Å². The van der Waals surface area contributed by atoms with E-state index in [4.69, 9.17) is 9.47 Å². The van der Waals surface area contributed by atoms with Crippen molar-refractivity contribution < 1.29 is 18.7 Å². The molecule has 0 aliphatic rings. The molecule has 0 spiro atoms. The Morgan fingerprint density at radius 1 is 1.29 bits per heavy atom. The van der Waals surface area contributed by atoms with Gasteiger partial charge in [-0.3, -0.25) is 4.79 Å². The highest BCUT2D eigenvalue weighted by Gasteiger charge is 2.11. The van der Waals surface area contributed by atoms with Crippen molar-refractivity contribution in [1.29, 1.82) is 0 Å². The number of halogens is 1. The average molecular weight is 363 g/mol. The third-order valence-corrected chi connectivity index (χ3v) is 4.88. The van der Waals surface area contributed by atoms with E-state index in [2.05, 4.69) is 4.98 Å². The van der Waals surface area contributed by atoms with Crippen molar-refractivity contribution in [3.05, 3.63) is 57.5 Å². The normalized spacial score (nSPS) is 10.6. The van der Waals surface area contributed by atoms with Gasteiger partial charge >= 0.3 is 5.97 Å². The highest BCUT2D eigenvalue weighted by atomic mass is 32.1. The molecular formula is C17H14FNO3S2. The molecule has 0 saturated heterocycles. The summed E-state index contributed by atoms with van der Waals surface area (Å²) >= 11 is 3.10. The summed E-state index contributed by atoms with van der Waals surface area (Å²) < 4.78 is 23.6. The second-order valence-corrected chi connectivity index (χ2v) is 6.60. The molecule has 0 unspecified atom stereocenters. The van der Waals surface area contributed by atoms with Crippen LogP contribution in [0.1, 0.15) is 11.3 Å². The number of thiophene rings is 1. The van der Waals surface area contributed by atoms with Crippen molar-refractivity contribution >= 4 is 28.6 Å². The number of benzene rings is 1. The fraction of sp³-hybridized carbons (Fsp3) is 0.176. The van der Waals surface area contributed by atoms with E-state index >= 15 is 0 Å². The van der Waals surface area contributed by atoms with Gasteiger partial charge in [-0.1, -0.05) is 6.07 Å². The zero-order valence-electron chi connectivity index (χ0n) is 12.8. The van der Waals surface area contributed by atoms with Crippen LogP contribution in [-0.2, 0) is 22.6 Å². The Balaban J connectivity index is 1.55. The molecule has 2 aromatic heterocycles. The van der Waals surface area contributed by atoms with Crippen LogP contribution in [0.4, 0.5) is 4.39 Å². The van der Waals surface area contributed by atoms with Crippen LogP contribution >= 0.6 is 22.7 Å². The quantitative estimate of drug-likeness (QED) is 0.613. The summed E-state index contributed by atoms with van der Waals surface area (Å²) in [6.07, 6.45) is 0.0965. The van der Waals surface area contributed by atoms with Gasteiger partial charge in [-0.05, 0) is 29.1 Å². The predicted octanol–water partition coefficient (Wildman–Crippen LogP) is 4.31. The maximum atomic E-state index is 13.6. The van der Waals surface area contributed by atoms with E-state index in [0.29, 0.717) is 11.3 Å². The molecule has 0 bridgehead atoms. The number of aromatic nitrogens is 1. The van der Waals surface area contributed by atoms with E-state index in [9.17, 15) is 9.18 Å². The van der Waals surface area contributed by atoms with Gasteiger partial charge in [0, 0.05) is 16.3 Å². The Hall–Kier alpha value is -2.25. The van der Waals surface area contributed by atoms with Crippen LogP contribution in [0.2, 0.25) is 0 Å². The molecular weight excluding hydrogens is 349 g/mol. The molecule has 2 heterocycles. The molecule has 124 valence electrons. The van der Waals surface area contributed by atoms with E-state index in [1.165, 1.54) is 30.6 Å². The first kappa shape index (κ1) is 16.6. The van der Waals surface area contributed by atoms with E-state index in [1.807, 2.05) is 22.2 Å². The maximum Gasteiger partial charge on any atom is 0.312 e. The lowest BCUT2D eigenvalue weighted by molar-refractivity contribution is -0.144. The summed E-state index contributed by atoms with van der Waals surface area (Å²) in [5.74, 6) is -0.715. The molecule has 3 rings (SSSR count). The third-order valence-electron chi connectivity index (χ3n) is 3.26. The van der Waals surface area contributed by atoms with E-state index in [-0.39, 0.29) is 18.8 Å². The molecule has 0 aliphatic carbocycles. The summed E-state index contributed by atoms with van der Waals surface area (Å²) in [4.78, 5) is 16.3. The number of methoxy groups -OCH3 is 1. The number of rotatable bonds is 6. The molecule has 7 heteroatoms. The zero-order valence-corrected chi connectivity index (χ0v) is 14.5. The van der Waals surface area contributed by atoms with Crippen molar-refractivity contribution in [1.82, 2.24) is 4.98 Å². The number of carbonyl (C=O) groups excluding carboxylic acids is 1. The van der Waals surface area contributed by atoms with Crippen LogP contribution in [-0.4, -0.2) is 18.1 Å². The number of thiazole rings is 1. The topological polar surface area (TPSA) is 48.4 Å².